The third-order valence-electron chi connectivity index (χ3n) is 7.04. The van der Waals surface area contributed by atoms with Crippen LogP contribution in [0.1, 0.15) is 19.3 Å². The number of aromatic nitrogens is 2. The molecule has 2 amide bonds. The standard InChI is InChI=1S/C23H18N4O5/c28-22-18-13-4-5-14(10-13)19(18)23(29)26(22)16-8-6-12(7-9-16)21-24-20(25-32-21)15-2-1-3-17(11-15)27(30)31/h1-3,6-9,11,13-14,18-19H,4-5,10H2/t13-,14-,18+,19+/m0/s1. The second-order valence-corrected chi connectivity index (χ2v) is 8.67. The molecular formula is C23H18N4O5. The topological polar surface area (TPSA) is 119 Å². The van der Waals surface area contributed by atoms with Crippen LogP contribution in [0.25, 0.3) is 22.8 Å². The number of nitro benzene ring substituents is 1. The normalized spacial score (nSPS) is 26.1. The van der Waals surface area contributed by atoms with Gasteiger partial charge in [-0.2, -0.15) is 4.98 Å². The molecule has 2 heterocycles. The van der Waals surface area contributed by atoms with Gasteiger partial charge in [-0.15, -0.1) is 0 Å². The summed E-state index contributed by atoms with van der Waals surface area (Å²) in [5.74, 6) is 0.695. The van der Waals surface area contributed by atoms with Crippen LogP contribution in [-0.2, 0) is 9.59 Å². The van der Waals surface area contributed by atoms with Gasteiger partial charge in [-0.1, -0.05) is 17.3 Å². The van der Waals surface area contributed by atoms with Gasteiger partial charge < -0.3 is 4.52 Å². The molecule has 160 valence electrons. The van der Waals surface area contributed by atoms with Crippen molar-refractivity contribution in [2.24, 2.45) is 23.7 Å². The monoisotopic (exact) mass is 430 g/mol. The Morgan fingerprint density at radius 1 is 0.969 bits per heavy atom. The van der Waals surface area contributed by atoms with Crippen LogP contribution in [0, 0.1) is 33.8 Å². The maximum Gasteiger partial charge on any atom is 0.270 e. The molecule has 0 radical (unpaired) electrons. The van der Waals surface area contributed by atoms with E-state index in [0.717, 1.165) is 19.3 Å². The molecule has 2 bridgehead atoms. The van der Waals surface area contributed by atoms with Crippen LogP contribution >= 0.6 is 0 Å². The lowest BCUT2D eigenvalue weighted by Crippen LogP contribution is -2.32. The number of imide groups is 1. The molecule has 2 saturated carbocycles. The van der Waals surface area contributed by atoms with E-state index in [1.165, 1.54) is 17.0 Å². The van der Waals surface area contributed by atoms with Gasteiger partial charge in [0.25, 0.3) is 11.6 Å². The van der Waals surface area contributed by atoms with Gasteiger partial charge in [-0.3, -0.25) is 24.6 Å². The fraction of sp³-hybridized carbons (Fsp3) is 0.304. The van der Waals surface area contributed by atoms with E-state index < -0.39 is 4.92 Å². The Kier molecular flexibility index (Phi) is 4.01. The predicted octanol–water partition coefficient (Wildman–Crippen LogP) is 3.85. The van der Waals surface area contributed by atoms with Gasteiger partial charge in [0.1, 0.15) is 0 Å². The molecule has 3 aliphatic rings. The van der Waals surface area contributed by atoms with Crippen LogP contribution < -0.4 is 4.90 Å². The molecule has 1 aliphatic heterocycles. The molecule has 2 aliphatic carbocycles. The quantitative estimate of drug-likeness (QED) is 0.350. The Morgan fingerprint density at radius 3 is 2.31 bits per heavy atom. The summed E-state index contributed by atoms with van der Waals surface area (Å²) in [6.07, 6.45) is 3.09. The summed E-state index contributed by atoms with van der Waals surface area (Å²) >= 11 is 0. The molecule has 6 rings (SSSR count). The van der Waals surface area contributed by atoms with Gasteiger partial charge in [0, 0.05) is 23.3 Å². The number of carbonyl (C=O) groups excluding carboxylic acids is 2. The summed E-state index contributed by atoms with van der Waals surface area (Å²) in [5, 5.41) is 14.9. The average molecular weight is 430 g/mol. The van der Waals surface area contributed by atoms with E-state index in [0.29, 0.717) is 28.7 Å². The van der Waals surface area contributed by atoms with Crippen LogP contribution in [0.2, 0.25) is 0 Å². The highest BCUT2D eigenvalue weighted by Crippen LogP contribution is 2.56. The molecule has 2 aromatic carbocycles. The Hall–Kier alpha value is -3.88. The van der Waals surface area contributed by atoms with Crippen LogP contribution in [0.4, 0.5) is 11.4 Å². The summed E-state index contributed by atoms with van der Waals surface area (Å²) in [4.78, 5) is 42.2. The van der Waals surface area contributed by atoms with E-state index in [1.807, 2.05) is 0 Å². The molecule has 0 unspecified atom stereocenters. The molecule has 3 aromatic rings. The zero-order valence-electron chi connectivity index (χ0n) is 16.9. The number of rotatable bonds is 4. The minimum atomic E-state index is -0.482. The number of carbonyl (C=O) groups is 2. The van der Waals surface area contributed by atoms with Crippen molar-refractivity contribution in [2.45, 2.75) is 19.3 Å². The Labute approximate surface area is 182 Å². The van der Waals surface area contributed by atoms with Crippen molar-refractivity contribution in [2.75, 3.05) is 4.90 Å². The molecule has 1 saturated heterocycles. The lowest BCUT2D eigenvalue weighted by Gasteiger charge is -2.19. The average Bonchev–Trinajstić information content (AvgIpc) is 3.58. The molecule has 4 atom stereocenters. The molecule has 9 heteroatoms. The van der Waals surface area contributed by atoms with Crippen molar-refractivity contribution in [3.8, 4) is 22.8 Å². The number of anilines is 1. The molecule has 32 heavy (non-hydrogen) atoms. The number of nitro groups is 1. The number of benzene rings is 2. The summed E-state index contributed by atoms with van der Waals surface area (Å²) in [5.41, 5.74) is 1.59. The number of nitrogens with zero attached hydrogens (tertiary/aromatic N) is 4. The first-order valence-corrected chi connectivity index (χ1v) is 10.6. The fourth-order valence-electron chi connectivity index (χ4n) is 5.63. The lowest BCUT2D eigenvalue weighted by molar-refractivity contribution is -0.384. The number of non-ortho nitro benzene ring substituents is 1. The summed E-state index contributed by atoms with van der Waals surface area (Å²) in [7, 11) is 0. The van der Waals surface area contributed by atoms with Gasteiger partial charge in [-0.05, 0) is 55.4 Å². The van der Waals surface area contributed by atoms with E-state index in [1.54, 1.807) is 36.4 Å². The number of hydrogen-bond acceptors (Lipinski definition) is 7. The minimum Gasteiger partial charge on any atom is -0.334 e. The highest BCUT2D eigenvalue weighted by atomic mass is 16.6. The van der Waals surface area contributed by atoms with E-state index in [4.69, 9.17) is 4.52 Å². The predicted molar refractivity (Wildman–Crippen MR) is 112 cm³/mol. The molecule has 3 fully saturated rings. The first kappa shape index (κ1) is 18.9. The Bertz CT molecular complexity index is 1240. The number of fused-ring (bicyclic) bond motifs is 5. The zero-order chi connectivity index (χ0) is 22.0. The second-order valence-electron chi connectivity index (χ2n) is 8.67. The number of amides is 2. The molecule has 9 nitrogen and oxygen atoms in total. The lowest BCUT2D eigenvalue weighted by atomic mass is 9.81. The minimum absolute atomic E-state index is 0.0589. The van der Waals surface area contributed by atoms with Crippen LogP contribution in [0.15, 0.2) is 53.1 Å². The number of hydrogen-bond donors (Lipinski definition) is 0. The molecule has 0 N–H and O–H groups in total. The van der Waals surface area contributed by atoms with Gasteiger partial charge in [0.2, 0.25) is 17.6 Å². The third-order valence-corrected chi connectivity index (χ3v) is 7.04. The summed E-state index contributed by atoms with van der Waals surface area (Å²) in [6, 6.07) is 12.9. The van der Waals surface area contributed by atoms with Crippen LogP contribution in [0.5, 0.6) is 0 Å². The van der Waals surface area contributed by atoms with Crippen molar-refractivity contribution in [1.82, 2.24) is 10.1 Å². The summed E-state index contributed by atoms with van der Waals surface area (Å²) in [6.45, 7) is 0. The van der Waals surface area contributed by atoms with Gasteiger partial charge in [0.05, 0.1) is 22.4 Å². The summed E-state index contributed by atoms with van der Waals surface area (Å²) < 4.78 is 5.33. The van der Waals surface area contributed by atoms with E-state index >= 15 is 0 Å². The van der Waals surface area contributed by atoms with Crippen molar-refractivity contribution < 1.29 is 19.0 Å². The van der Waals surface area contributed by atoms with E-state index in [9.17, 15) is 19.7 Å². The second kappa shape index (κ2) is 6.81. The third kappa shape index (κ3) is 2.70. The molecule has 1 aromatic heterocycles. The highest BCUT2D eigenvalue weighted by molar-refractivity contribution is 6.22. The Balaban J connectivity index is 1.25. The molecular weight excluding hydrogens is 412 g/mol. The maximum absolute atomic E-state index is 13.0. The maximum atomic E-state index is 13.0. The van der Waals surface area contributed by atoms with E-state index in [-0.39, 0.29) is 41.1 Å². The smallest absolute Gasteiger partial charge is 0.270 e. The first-order valence-electron chi connectivity index (χ1n) is 10.6. The van der Waals surface area contributed by atoms with Crippen molar-refractivity contribution >= 4 is 23.2 Å². The highest BCUT2D eigenvalue weighted by Gasteiger charge is 2.61. The van der Waals surface area contributed by atoms with E-state index in [2.05, 4.69) is 10.1 Å². The zero-order valence-corrected chi connectivity index (χ0v) is 16.9. The van der Waals surface area contributed by atoms with Crippen LogP contribution in [0.3, 0.4) is 0 Å². The Morgan fingerprint density at radius 2 is 1.66 bits per heavy atom. The van der Waals surface area contributed by atoms with Gasteiger partial charge in [-0.25, -0.2) is 0 Å². The van der Waals surface area contributed by atoms with Crippen molar-refractivity contribution in [1.29, 1.82) is 0 Å². The largest absolute Gasteiger partial charge is 0.334 e. The fourth-order valence-corrected chi connectivity index (χ4v) is 5.63. The van der Waals surface area contributed by atoms with Crippen molar-refractivity contribution in [3.63, 3.8) is 0 Å². The first-order chi connectivity index (χ1) is 15.5. The van der Waals surface area contributed by atoms with Gasteiger partial charge in [0.15, 0.2) is 0 Å². The van der Waals surface area contributed by atoms with Crippen molar-refractivity contribution in [3.05, 3.63) is 58.6 Å². The van der Waals surface area contributed by atoms with Gasteiger partial charge >= 0.3 is 0 Å². The SMILES string of the molecule is O=C1[C@@H]2[C@H]3CC[C@@H](C3)[C@H]2C(=O)N1c1ccc(-c2nc(-c3cccc([N+](=O)[O-])c3)no2)cc1. The van der Waals surface area contributed by atoms with Crippen LogP contribution in [-0.4, -0.2) is 26.9 Å². The molecule has 0 spiro atoms.